The highest BCUT2D eigenvalue weighted by molar-refractivity contribution is 7.99. The monoisotopic (exact) mass is 430 g/mol. The lowest BCUT2D eigenvalue weighted by molar-refractivity contribution is -0.144. The number of hydrogen-bond acceptors (Lipinski definition) is 8. The number of rotatable bonds is 10. The molecule has 0 bridgehead atoms. The van der Waals surface area contributed by atoms with Gasteiger partial charge in [0.1, 0.15) is 11.3 Å². The summed E-state index contributed by atoms with van der Waals surface area (Å²) in [6.45, 7) is 4.31. The first-order valence-electron chi connectivity index (χ1n) is 9.42. The number of benzene rings is 2. The maximum Gasteiger partial charge on any atom is 0.316 e. The number of esters is 1. The van der Waals surface area contributed by atoms with Gasteiger partial charge in [0.25, 0.3) is 11.1 Å². The third-order valence-corrected chi connectivity index (χ3v) is 4.58. The predicted octanol–water partition coefficient (Wildman–Crippen LogP) is 3.90. The molecule has 1 N–H and O–H groups in total. The predicted molar refractivity (Wildman–Crippen MR) is 113 cm³/mol. The first-order valence-corrected chi connectivity index (χ1v) is 10.4. The molecule has 0 aliphatic rings. The Labute approximate surface area is 177 Å². The van der Waals surface area contributed by atoms with E-state index in [-0.39, 0.29) is 5.75 Å². The highest BCUT2D eigenvalue weighted by Crippen LogP contribution is 2.30. The van der Waals surface area contributed by atoms with Gasteiger partial charge in [-0.2, -0.15) is 0 Å². The van der Waals surface area contributed by atoms with Crippen LogP contribution in [0, 0.1) is 0 Å². The van der Waals surface area contributed by atoms with Crippen LogP contribution in [-0.4, -0.2) is 42.4 Å². The Kier molecular flexibility index (Phi) is 7.56. The number of aromatic nitrogens is 1. The van der Waals surface area contributed by atoms with E-state index in [1.54, 1.807) is 24.3 Å². The number of nitrogens with zero attached hydrogens (tertiary/aromatic N) is 1. The second-order valence-corrected chi connectivity index (χ2v) is 6.90. The van der Waals surface area contributed by atoms with Gasteiger partial charge in [-0.3, -0.25) is 9.59 Å². The number of ether oxygens (including phenoxy) is 3. The number of fused-ring (bicyclic) bond motifs is 1. The van der Waals surface area contributed by atoms with Crippen LogP contribution in [0.2, 0.25) is 0 Å². The largest absolute Gasteiger partial charge is 0.490 e. The number of nitrogens with one attached hydrogen (secondary N) is 1. The molecule has 0 spiro atoms. The van der Waals surface area contributed by atoms with Crippen LogP contribution >= 0.6 is 11.8 Å². The lowest BCUT2D eigenvalue weighted by atomic mass is 10.2. The SMILES string of the molecule is CCOc1ccc(NC(=O)COC(=O)CSc2nc3ccccc3o2)cc1OCC. The van der Waals surface area contributed by atoms with Crippen molar-refractivity contribution in [3.05, 3.63) is 42.5 Å². The van der Waals surface area contributed by atoms with E-state index in [2.05, 4.69) is 10.3 Å². The minimum Gasteiger partial charge on any atom is -0.490 e. The Bertz CT molecular complexity index is 987. The number of thioether (sulfide) groups is 1. The van der Waals surface area contributed by atoms with E-state index in [0.29, 0.717) is 41.2 Å². The van der Waals surface area contributed by atoms with Gasteiger partial charge in [0.2, 0.25) is 0 Å². The van der Waals surface area contributed by atoms with Crippen molar-refractivity contribution in [3.8, 4) is 11.5 Å². The van der Waals surface area contributed by atoms with Crippen molar-refractivity contribution in [1.29, 1.82) is 0 Å². The fraction of sp³-hybridized carbons (Fsp3) is 0.286. The zero-order valence-corrected chi connectivity index (χ0v) is 17.5. The van der Waals surface area contributed by atoms with Gasteiger partial charge in [0.05, 0.1) is 13.2 Å². The fourth-order valence-electron chi connectivity index (χ4n) is 2.55. The van der Waals surface area contributed by atoms with E-state index in [9.17, 15) is 9.59 Å². The Morgan fingerprint density at radius 2 is 1.83 bits per heavy atom. The molecule has 0 saturated carbocycles. The molecule has 0 atom stereocenters. The van der Waals surface area contributed by atoms with E-state index < -0.39 is 18.5 Å². The van der Waals surface area contributed by atoms with Crippen molar-refractivity contribution >= 4 is 40.4 Å². The molecule has 30 heavy (non-hydrogen) atoms. The van der Waals surface area contributed by atoms with Gasteiger partial charge in [-0.25, -0.2) is 4.98 Å². The summed E-state index contributed by atoms with van der Waals surface area (Å²) in [6, 6.07) is 12.4. The summed E-state index contributed by atoms with van der Waals surface area (Å²) in [5, 5.41) is 3.04. The van der Waals surface area contributed by atoms with Crippen LogP contribution in [-0.2, 0) is 14.3 Å². The summed E-state index contributed by atoms with van der Waals surface area (Å²) in [5.74, 6) is 0.113. The molecule has 158 valence electrons. The summed E-state index contributed by atoms with van der Waals surface area (Å²) < 4.78 is 21.6. The third-order valence-electron chi connectivity index (χ3n) is 3.78. The third kappa shape index (κ3) is 5.90. The standard InChI is InChI=1S/C21H22N2O6S/c1-3-26-17-10-9-14(11-18(17)27-4-2)22-19(24)12-28-20(25)13-30-21-23-15-7-5-6-8-16(15)29-21/h5-11H,3-4,12-13H2,1-2H3,(H,22,24). The fourth-order valence-corrected chi connectivity index (χ4v) is 3.18. The van der Waals surface area contributed by atoms with Crippen LogP contribution in [0.25, 0.3) is 11.1 Å². The molecule has 0 aliphatic carbocycles. The summed E-state index contributed by atoms with van der Waals surface area (Å²) in [6.07, 6.45) is 0. The van der Waals surface area contributed by atoms with Crippen molar-refractivity contribution in [2.24, 2.45) is 0 Å². The Morgan fingerprint density at radius 1 is 1.07 bits per heavy atom. The van der Waals surface area contributed by atoms with Crippen LogP contribution < -0.4 is 14.8 Å². The number of amides is 1. The molecule has 9 heteroatoms. The Balaban J connectivity index is 1.46. The molecular weight excluding hydrogens is 408 g/mol. The summed E-state index contributed by atoms with van der Waals surface area (Å²) in [5.41, 5.74) is 1.88. The number of anilines is 1. The van der Waals surface area contributed by atoms with Gasteiger partial charge >= 0.3 is 5.97 Å². The normalized spacial score (nSPS) is 10.6. The quantitative estimate of drug-likeness (QED) is 0.382. The summed E-state index contributed by atoms with van der Waals surface area (Å²) in [7, 11) is 0. The first-order chi connectivity index (χ1) is 14.6. The molecule has 0 aliphatic heterocycles. The van der Waals surface area contributed by atoms with Gasteiger partial charge < -0.3 is 23.9 Å². The van der Waals surface area contributed by atoms with E-state index in [4.69, 9.17) is 18.6 Å². The molecule has 3 rings (SSSR count). The second kappa shape index (κ2) is 10.5. The van der Waals surface area contributed by atoms with E-state index in [1.165, 1.54) is 0 Å². The molecule has 0 saturated heterocycles. The number of para-hydroxylation sites is 2. The number of hydrogen-bond donors (Lipinski definition) is 1. The molecule has 2 aromatic carbocycles. The molecule has 3 aromatic rings. The minimum absolute atomic E-state index is 0.0162. The average molecular weight is 430 g/mol. The van der Waals surface area contributed by atoms with Gasteiger partial charge in [0.15, 0.2) is 23.7 Å². The number of carbonyl (C=O) groups is 2. The van der Waals surface area contributed by atoms with E-state index in [1.807, 2.05) is 32.0 Å². The zero-order valence-electron chi connectivity index (χ0n) is 16.7. The van der Waals surface area contributed by atoms with Crippen molar-refractivity contribution in [1.82, 2.24) is 4.98 Å². The minimum atomic E-state index is -0.542. The molecule has 8 nitrogen and oxygen atoms in total. The highest BCUT2D eigenvalue weighted by Gasteiger charge is 2.13. The van der Waals surface area contributed by atoms with Gasteiger partial charge in [-0.15, -0.1) is 0 Å². The Morgan fingerprint density at radius 3 is 2.60 bits per heavy atom. The second-order valence-electron chi connectivity index (χ2n) is 5.97. The average Bonchev–Trinajstić information content (AvgIpc) is 3.16. The van der Waals surface area contributed by atoms with E-state index >= 15 is 0 Å². The van der Waals surface area contributed by atoms with Gasteiger partial charge in [0, 0.05) is 11.8 Å². The Hall–Kier alpha value is -3.20. The topological polar surface area (TPSA) is 99.9 Å². The van der Waals surface area contributed by atoms with Crippen molar-refractivity contribution < 1.29 is 28.2 Å². The zero-order chi connectivity index (χ0) is 21.3. The van der Waals surface area contributed by atoms with Crippen LogP contribution in [0.4, 0.5) is 5.69 Å². The summed E-state index contributed by atoms with van der Waals surface area (Å²) in [4.78, 5) is 28.3. The molecule has 0 fully saturated rings. The lowest BCUT2D eigenvalue weighted by Gasteiger charge is -2.13. The van der Waals surface area contributed by atoms with Crippen molar-refractivity contribution in [3.63, 3.8) is 0 Å². The molecule has 0 unspecified atom stereocenters. The van der Waals surface area contributed by atoms with Crippen LogP contribution in [0.3, 0.4) is 0 Å². The first kappa shape index (κ1) is 21.5. The van der Waals surface area contributed by atoms with Gasteiger partial charge in [-0.05, 0) is 38.1 Å². The van der Waals surface area contributed by atoms with Crippen LogP contribution in [0.5, 0.6) is 11.5 Å². The van der Waals surface area contributed by atoms with Crippen LogP contribution in [0.1, 0.15) is 13.8 Å². The molecule has 1 heterocycles. The molecule has 1 amide bonds. The smallest absolute Gasteiger partial charge is 0.316 e. The highest BCUT2D eigenvalue weighted by atomic mass is 32.2. The maximum absolute atomic E-state index is 12.1. The van der Waals surface area contributed by atoms with E-state index in [0.717, 1.165) is 17.3 Å². The lowest BCUT2D eigenvalue weighted by Crippen LogP contribution is -2.21. The van der Waals surface area contributed by atoms with Crippen molar-refractivity contribution in [2.45, 2.75) is 19.1 Å². The number of oxazole rings is 1. The molecular formula is C21H22N2O6S. The number of carbonyl (C=O) groups excluding carboxylic acids is 2. The van der Waals surface area contributed by atoms with Crippen LogP contribution in [0.15, 0.2) is 52.1 Å². The molecule has 0 radical (unpaired) electrons. The van der Waals surface area contributed by atoms with Gasteiger partial charge in [-0.1, -0.05) is 23.9 Å². The summed E-state index contributed by atoms with van der Waals surface area (Å²) >= 11 is 1.11. The maximum atomic E-state index is 12.1. The van der Waals surface area contributed by atoms with Crippen molar-refractivity contribution in [2.75, 3.05) is 30.9 Å². The molecule has 1 aromatic heterocycles.